The van der Waals surface area contributed by atoms with Crippen molar-refractivity contribution in [1.82, 2.24) is 14.8 Å². The second-order valence-corrected chi connectivity index (χ2v) is 6.10. The minimum atomic E-state index is -0.862. The third-order valence-electron chi connectivity index (χ3n) is 4.49. The molecule has 23 heavy (non-hydrogen) atoms. The summed E-state index contributed by atoms with van der Waals surface area (Å²) in [6.45, 7) is 1.49. The summed E-state index contributed by atoms with van der Waals surface area (Å²) in [6.07, 6.45) is 2.36. The molecular formula is C16H19N3O4. The minimum Gasteiger partial charge on any atom is -0.481 e. The predicted molar refractivity (Wildman–Crippen MR) is 80.1 cm³/mol. The highest BCUT2D eigenvalue weighted by atomic mass is 16.4. The van der Waals surface area contributed by atoms with Crippen LogP contribution in [0.4, 0.5) is 0 Å². The summed E-state index contributed by atoms with van der Waals surface area (Å²) >= 11 is 0. The fourth-order valence-corrected chi connectivity index (χ4v) is 3.20. The smallest absolute Gasteiger partial charge is 0.308 e. The Labute approximate surface area is 133 Å². The Morgan fingerprint density at radius 1 is 1.26 bits per heavy atom. The number of carbonyl (C=O) groups excluding carboxylic acids is 2. The topological polar surface area (TPSA) is 90.8 Å². The molecule has 1 N–H and O–H groups in total. The van der Waals surface area contributed by atoms with Gasteiger partial charge in [-0.3, -0.25) is 19.4 Å². The van der Waals surface area contributed by atoms with Gasteiger partial charge < -0.3 is 14.9 Å². The number of carboxylic acid groups (broad SMARTS) is 1. The molecule has 1 aromatic heterocycles. The zero-order valence-electron chi connectivity index (χ0n) is 12.7. The molecule has 0 saturated carbocycles. The van der Waals surface area contributed by atoms with E-state index in [1.165, 1.54) is 0 Å². The Hall–Kier alpha value is -2.44. The van der Waals surface area contributed by atoms with Gasteiger partial charge in [-0.2, -0.15) is 0 Å². The number of aromatic nitrogens is 1. The van der Waals surface area contributed by atoms with Crippen molar-refractivity contribution in [2.24, 2.45) is 11.8 Å². The highest BCUT2D eigenvalue weighted by Crippen LogP contribution is 2.25. The van der Waals surface area contributed by atoms with Gasteiger partial charge in [-0.15, -0.1) is 0 Å². The van der Waals surface area contributed by atoms with Gasteiger partial charge >= 0.3 is 5.97 Å². The van der Waals surface area contributed by atoms with Gasteiger partial charge in [0, 0.05) is 32.3 Å². The minimum absolute atomic E-state index is 0.0528. The van der Waals surface area contributed by atoms with Crippen LogP contribution in [-0.4, -0.2) is 57.3 Å². The molecule has 3 heterocycles. The van der Waals surface area contributed by atoms with Crippen molar-refractivity contribution in [2.75, 3.05) is 19.6 Å². The molecule has 0 spiro atoms. The van der Waals surface area contributed by atoms with Crippen molar-refractivity contribution >= 4 is 17.8 Å². The van der Waals surface area contributed by atoms with E-state index >= 15 is 0 Å². The molecule has 0 bridgehead atoms. The summed E-state index contributed by atoms with van der Waals surface area (Å²) in [5.41, 5.74) is 0.793. The van der Waals surface area contributed by atoms with Crippen LogP contribution in [-0.2, 0) is 20.9 Å². The Morgan fingerprint density at radius 2 is 2.09 bits per heavy atom. The molecule has 0 unspecified atom stereocenters. The highest BCUT2D eigenvalue weighted by molar-refractivity contribution is 5.89. The Bertz CT molecular complexity index is 619. The first-order valence-electron chi connectivity index (χ1n) is 7.74. The third kappa shape index (κ3) is 3.33. The molecule has 2 aliphatic rings. The van der Waals surface area contributed by atoms with Gasteiger partial charge in [-0.05, 0) is 18.6 Å². The second kappa shape index (κ2) is 6.36. The fraction of sp³-hybridized carbons (Fsp3) is 0.500. The van der Waals surface area contributed by atoms with Crippen LogP contribution in [0.25, 0.3) is 0 Å². The molecule has 3 rings (SSSR count). The van der Waals surface area contributed by atoms with Crippen molar-refractivity contribution in [3.63, 3.8) is 0 Å². The summed E-state index contributed by atoms with van der Waals surface area (Å²) in [4.78, 5) is 43.0. The molecule has 0 radical (unpaired) electrons. The average Bonchev–Trinajstić information content (AvgIpc) is 3.16. The van der Waals surface area contributed by atoms with E-state index in [1.54, 1.807) is 16.0 Å². The molecular weight excluding hydrogens is 298 g/mol. The number of nitrogens with zero attached hydrogens (tertiary/aromatic N) is 3. The first-order chi connectivity index (χ1) is 11.0. The Kier molecular flexibility index (Phi) is 4.27. The average molecular weight is 317 g/mol. The van der Waals surface area contributed by atoms with Crippen LogP contribution in [0.3, 0.4) is 0 Å². The zero-order valence-corrected chi connectivity index (χ0v) is 12.7. The largest absolute Gasteiger partial charge is 0.481 e. The number of hydrogen-bond donors (Lipinski definition) is 1. The number of carboxylic acids is 1. The molecule has 7 heteroatoms. The van der Waals surface area contributed by atoms with E-state index in [0.717, 1.165) is 5.69 Å². The van der Waals surface area contributed by atoms with Gasteiger partial charge in [0.1, 0.15) is 0 Å². The van der Waals surface area contributed by atoms with Crippen LogP contribution in [0.1, 0.15) is 18.5 Å². The van der Waals surface area contributed by atoms with Crippen LogP contribution in [0.5, 0.6) is 0 Å². The van der Waals surface area contributed by atoms with E-state index in [-0.39, 0.29) is 30.7 Å². The Balaban J connectivity index is 1.59. The lowest BCUT2D eigenvalue weighted by Crippen LogP contribution is -2.36. The second-order valence-electron chi connectivity index (χ2n) is 6.10. The molecule has 2 aliphatic heterocycles. The summed E-state index contributed by atoms with van der Waals surface area (Å²) < 4.78 is 0. The molecule has 2 saturated heterocycles. The van der Waals surface area contributed by atoms with Crippen LogP contribution in [0.15, 0.2) is 24.4 Å². The molecule has 122 valence electrons. The van der Waals surface area contributed by atoms with E-state index < -0.39 is 11.9 Å². The van der Waals surface area contributed by atoms with Crippen molar-refractivity contribution < 1.29 is 19.5 Å². The standard InChI is InChI=1S/C16H19N3O4/c20-14-7-12(9-19(14)10-13-3-1-2-5-17-13)15(21)18-6-4-11(8-18)16(22)23/h1-3,5,11-12H,4,6-10H2,(H,22,23)/t11-,12-/m1/s1. The van der Waals surface area contributed by atoms with Crippen molar-refractivity contribution in [2.45, 2.75) is 19.4 Å². The molecule has 0 aromatic carbocycles. The maximum Gasteiger partial charge on any atom is 0.308 e. The SMILES string of the molecule is O=C(O)[C@@H]1CCN(C(=O)[C@@H]2CC(=O)N(Cc3ccccn3)C2)C1. The Morgan fingerprint density at radius 3 is 2.74 bits per heavy atom. The number of carbonyl (C=O) groups is 3. The first kappa shape index (κ1) is 15.5. The number of likely N-dealkylation sites (tertiary alicyclic amines) is 2. The van der Waals surface area contributed by atoms with Crippen molar-refractivity contribution in [3.8, 4) is 0 Å². The van der Waals surface area contributed by atoms with Gasteiger partial charge in [-0.1, -0.05) is 6.07 Å². The quantitative estimate of drug-likeness (QED) is 0.866. The molecule has 2 atom stereocenters. The van der Waals surface area contributed by atoms with Crippen LogP contribution in [0.2, 0.25) is 0 Å². The van der Waals surface area contributed by atoms with Gasteiger partial charge in [0.25, 0.3) is 0 Å². The lowest BCUT2D eigenvalue weighted by atomic mass is 10.1. The predicted octanol–water partition coefficient (Wildman–Crippen LogP) is 0.363. The van der Waals surface area contributed by atoms with Gasteiger partial charge in [-0.25, -0.2) is 0 Å². The summed E-state index contributed by atoms with van der Waals surface area (Å²) in [6, 6.07) is 5.52. The lowest BCUT2D eigenvalue weighted by Gasteiger charge is -2.20. The molecule has 7 nitrogen and oxygen atoms in total. The van der Waals surface area contributed by atoms with E-state index in [2.05, 4.69) is 4.98 Å². The molecule has 1 aromatic rings. The molecule has 2 amide bonds. The maximum atomic E-state index is 12.5. The monoisotopic (exact) mass is 317 g/mol. The van der Waals surface area contributed by atoms with Gasteiger partial charge in [0.05, 0.1) is 24.1 Å². The van der Waals surface area contributed by atoms with E-state index in [0.29, 0.717) is 26.1 Å². The van der Waals surface area contributed by atoms with E-state index in [4.69, 9.17) is 5.11 Å². The zero-order chi connectivity index (χ0) is 16.4. The summed E-state index contributed by atoms with van der Waals surface area (Å²) in [5.74, 6) is -1.88. The number of amides is 2. The van der Waals surface area contributed by atoms with Gasteiger partial charge in [0.2, 0.25) is 11.8 Å². The fourth-order valence-electron chi connectivity index (χ4n) is 3.20. The number of pyridine rings is 1. The first-order valence-corrected chi connectivity index (χ1v) is 7.74. The highest BCUT2D eigenvalue weighted by Gasteiger charge is 2.39. The van der Waals surface area contributed by atoms with Crippen molar-refractivity contribution in [3.05, 3.63) is 30.1 Å². The lowest BCUT2D eigenvalue weighted by molar-refractivity contribution is -0.141. The van der Waals surface area contributed by atoms with Gasteiger partial charge in [0.15, 0.2) is 0 Å². The number of aliphatic carboxylic acids is 1. The summed E-state index contributed by atoms with van der Waals surface area (Å²) in [7, 11) is 0. The van der Waals surface area contributed by atoms with Crippen LogP contribution >= 0.6 is 0 Å². The molecule has 2 fully saturated rings. The van der Waals surface area contributed by atoms with Crippen molar-refractivity contribution in [1.29, 1.82) is 0 Å². The number of rotatable bonds is 4. The summed E-state index contributed by atoms with van der Waals surface area (Å²) in [5, 5.41) is 9.02. The number of hydrogen-bond acceptors (Lipinski definition) is 4. The van der Waals surface area contributed by atoms with E-state index in [1.807, 2.05) is 18.2 Å². The van der Waals surface area contributed by atoms with Crippen LogP contribution < -0.4 is 0 Å². The maximum absolute atomic E-state index is 12.5. The third-order valence-corrected chi connectivity index (χ3v) is 4.49. The molecule has 0 aliphatic carbocycles. The van der Waals surface area contributed by atoms with Crippen LogP contribution in [0, 0.1) is 11.8 Å². The normalized spacial score (nSPS) is 24.3. The van der Waals surface area contributed by atoms with E-state index in [9.17, 15) is 14.4 Å².